The Labute approximate surface area is 120 Å². The maximum absolute atomic E-state index is 13.1. The van der Waals surface area contributed by atoms with E-state index in [1.54, 1.807) is 12.1 Å². The van der Waals surface area contributed by atoms with Crippen molar-refractivity contribution in [1.29, 1.82) is 0 Å². The number of hydrogen-bond donors (Lipinski definition) is 0. The quantitative estimate of drug-likeness (QED) is 0.806. The Morgan fingerprint density at radius 1 is 1.32 bits per heavy atom. The van der Waals surface area contributed by atoms with Crippen molar-refractivity contribution in [2.45, 2.75) is 11.8 Å². The number of nitrogens with zero attached hydrogens (tertiary/aromatic N) is 2. The molecule has 6 heteroatoms. The first-order valence-corrected chi connectivity index (χ1v) is 6.35. The molecule has 1 aromatic heterocycles. The van der Waals surface area contributed by atoms with E-state index in [1.165, 1.54) is 25.6 Å². The number of ether oxygens (including phenoxy) is 1. The lowest BCUT2D eigenvalue weighted by Gasteiger charge is -2.10. The lowest BCUT2D eigenvalue weighted by Crippen LogP contribution is -2.00. The van der Waals surface area contributed by atoms with Gasteiger partial charge in [0.1, 0.15) is 12.1 Å². The molecule has 0 radical (unpaired) electrons. The summed E-state index contributed by atoms with van der Waals surface area (Å²) in [5.74, 6) is 0.0176. The minimum atomic E-state index is -0.460. The van der Waals surface area contributed by atoms with Crippen molar-refractivity contribution >= 4 is 23.2 Å². The summed E-state index contributed by atoms with van der Waals surface area (Å²) in [5.41, 5.74) is 1.48. The fourth-order valence-electron chi connectivity index (χ4n) is 1.61. The molecule has 2 rings (SSSR count). The van der Waals surface area contributed by atoms with Gasteiger partial charge >= 0.3 is 0 Å². The topological polar surface area (TPSA) is 35.0 Å². The van der Waals surface area contributed by atoms with E-state index in [4.69, 9.17) is 27.9 Å². The van der Waals surface area contributed by atoms with Crippen LogP contribution in [0.1, 0.15) is 16.6 Å². The maximum atomic E-state index is 13.1. The molecule has 0 fully saturated rings. The van der Waals surface area contributed by atoms with Gasteiger partial charge in [0, 0.05) is 18.2 Å². The standard InChI is InChI=1S/C13H11Cl2FN2O/c1-19-13-6-9(17-7-18-13)5-10(14)8-2-3-12(16)11(15)4-8/h2-4,6-7,10H,5H2,1H3. The third kappa shape index (κ3) is 3.55. The van der Waals surface area contributed by atoms with E-state index in [0.29, 0.717) is 12.3 Å². The Hall–Kier alpha value is -1.39. The molecule has 0 N–H and O–H groups in total. The molecule has 1 heterocycles. The van der Waals surface area contributed by atoms with Gasteiger partial charge in [-0.25, -0.2) is 14.4 Å². The smallest absolute Gasteiger partial charge is 0.216 e. The average molecular weight is 301 g/mol. The van der Waals surface area contributed by atoms with Crippen molar-refractivity contribution in [2.24, 2.45) is 0 Å². The Kier molecular flexibility index (Phi) is 4.56. The summed E-state index contributed by atoms with van der Waals surface area (Å²) in [6.07, 6.45) is 1.89. The SMILES string of the molecule is COc1cc(CC(Cl)c2ccc(F)c(Cl)c2)ncn1. The Bertz CT molecular complexity index is 580. The summed E-state index contributed by atoms with van der Waals surface area (Å²) in [6.45, 7) is 0. The number of aromatic nitrogens is 2. The summed E-state index contributed by atoms with van der Waals surface area (Å²) in [7, 11) is 1.53. The van der Waals surface area contributed by atoms with Crippen molar-refractivity contribution in [3.8, 4) is 5.88 Å². The van der Waals surface area contributed by atoms with Gasteiger partial charge in [0.2, 0.25) is 5.88 Å². The van der Waals surface area contributed by atoms with Crippen LogP contribution in [-0.4, -0.2) is 17.1 Å². The number of hydrogen-bond acceptors (Lipinski definition) is 3. The highest BCUT2D eigenvalue weighted by Gasteiger charge is 2.12. The molecule has 100 valence electrons. The summed E-state index contributed by atoms with van der Waals surface area (Å²) >= 11 is 12.0. The van der Waals surface area contributed by atoms with Crippen LogP contribution in [0.5, 0.6) is 5.88 Å². The van der Waals surface area contributed by atoms with Crippen molar-refractivity contribution in [2.75, 3.05) is 7.11 Å². The molecule has 1 unspecified atom stereocenters. The molecule has 2 aromatic rings. The molecule has 0 aliphatic rings. The van der Waals surface area contributed by atoms with Crippen molar-refractivity contribution in [3.05, 3.63) is 52.7 Å². The van der Waals surface area contributed by atoms with E-state index in [2.05, 4.69) is 9.97 Å². The predicted octanol–water partition coefficient (Wildman–Crippen LogP) is 3.80. The lowest BCUT2D eigenvalue weighted by molar-refractivity contribution is 0.396. The molecule has 0 amide bonds. The van der Waals surface area contributed by atoms with Crippen molar-refractivity contribution in [1.82, 2.24) is 9.97 Å². The number of halogens is 3. The minimum Gasteiger partial charge on any atom is -0.481 e. The van der Waals surface area contributed by atoms with Crippen molar-refractivity contribution in [3.63, 3.8) is 0 Å². The van der Waals surface area contributed by atoms with Gasteiger partial charge in [-0.3, -0.25) is 0 Å². The molecule has 3 nitrogen and oxygen atoms in total. The number of benzene rings is 1. The Balaban J connectivity index is 2.15. The van der Waals surface area contributed by atoms with Crippen LogP contribution in [0.15, 0.2) is 30.6 Å². The van der Waals surface area contributed by atoms with E-state index in [1.807, 2.05) is 0 Å². The molecule has 0 saturated carbocycles. The molecule has 1 atom stereocenters. The van der Waals surface area contributed by atoms with Gasteiger partial charge in [-0.1, -0.05) is 17.7 Å². The van der Waals surface area contributed by atoms with E-state index in [-0.39, 0.29) is 10.4 Å². The number of rotatable bonds is 4. The van der Waals surface area contributed by atoms with Gasteiger partial charge in [0.15, 0.2) is 0 Å². The monoisotopic (exact) mass is 300 g/mol. The highest BCUT2D eigenvalue weighted by Crippen LogP contribution is 2.28. The number of methoxy groups -OCH3 is 1. The second-order valence-electron chi connectivity index (χ2n) is 3.90. The van der Waals surface area contributed by atoms with Crippen LogP contribution in [-0.2, 0) is 6.42 Å². The van der Waals surface area contributed by atoms with Gasteiger partial charge in [0.05, 0.1) is 17.5 Å². The van der Waals surface area contributed by atoms with Gasteiger partial charge < -0.3 is 4.74 Å². The first kappa shape index (κ1) is 14.0. The second-order valence-corrected chi connectivity index (χ2v) is 4.83. The molecule has 0 aliphatic carbocycles. The molecule has 1 aromatic carbocycles. The molecular weight excluding hydrogens is 290 g/mol. The summed E-state index contributed by atoms with van der Waals surface area (Å²) in [5, 5.41) is -0.291. The molecule has 0 saturated heterocycles. The predicted molar refractivity (Wildman–Crippen MR) is 72.3 cm³/mol. The number of alkyl halides is 1. The lowest BCUT2D eigenvalue weighted by atomic mass is 10.1. The van der Waals surface area contributed by atoms with Gasteiger partial charge in [-0.15, -0.1) is 11.6 Å². The van der Waals surface area contributed by atoms with Crippen LogP contribution in [0, 0.1) is 5.82 Å². The van der Waals surface area contributed by atoms with E-state index in [0.717, 1.165) is 11.3 Å². The zero-order valence-electron chi connectivity index (χ0n) is 10.1. The molecular formula is C13H11Cl2FN2O. The zero-order chi connectivity index (χ0) is 13.8. The van der Waals surface area contributed by atoms with Gasteiger partial charge in [0.25, 0.3) is 0 Å². The third-order valence-electron chi connectivity index (χ3n) is 2.60. The summed E-state index contributed by atoms with van der Waals surface area (Å²) < 4.78 is 18.1. The highest BCUT2D eigenvalue weighted by molar-refractivity contribution is 6.31. The third-order valence-corrected chi connectivity index (χ3v) is 3.30. The van der Waals surface area contributed by atoms with Crippen molar-refractivity contribution < 1.29 is 9.13 Å². The fourth-order valence-corrected chi connectivity index (χ4v) is 2.09. The molecule has 0 aliphatic heterocycles. The van der Waals surface area contributed by atoms with Gasteiger partial charge in [-0.2, -0.15) is 0 Å². The molecule has 0 spiro atoms. The first-order valence-electron chi connectivity index (χ1n) is 5.54. The summed E-state index contributed by atoms with van der Waals surface area (Å²) in [4.78, 5) is 8.03. The normalized spacial score (nSPS) is 12.2. The molecule has 0 bridgehead atoms. The van der Waals surface area contributed by atoms with Crippen LogP contribution >= 0.6 is 23.2 Å². The van der Waals surface area contributed by atoms with Crippen LogP contribution in [0.25, 0.3) is 0 Å². The first-order chi connectivity index (χ1) is 9.10. The average Bonchev–Trinajstić information content (AvgIpc) is 2.42. The molecule has 19 heavy (non-hydrogen) atoms. The van der Waals surface area contributed by atoms with Crippen LogP contribution in [0.3, 0.4) is 0 Å². The fraction of sp³-hybridized carbons (Fsp3) is 0.231. The Morgan fingerprint density at radius 2 is 2.11 bits per heavy atom. The highest BCUT2D eigenvalue weighted by atomic mass is 35.5. The minimum absolute atomic E-state index is 0.0587. The van der Waals surface area contributed by atoms with E-state index >= 15 is 0 Å². The van der Waals surface area contributed by atoms with Gasteiger partial charge in [-0.05, 0) is 17.7 Å². The van der Waals surface area contributed by atoms with E-state index < -0.39 is 5.82 Å². The Morgan fingerprint density at radius 3 is 2.79 bits per heavy atom. The zero-order valence-corrected chi connectivity index (χ0v) is 11.6. The maximum Gasteiger partial charge on any atom is 0.216 e. The largest absolute Gasteiger partial charge is 0.481 e. The van der Waals surface area contributed by atoms with Crippen LogP contribution in [0.4, 0.5) is 4.39 Å². The summed E-state index contributed by atoms with van der Waals surface area (Å²) in [6, 6.07) is 6.14. The van der Waals surface area contributed by atoms with Crippen LogP contribution < -0.4 is 4.74 Å². The van der Waals surface area contributed by atoms with E-state index in [9.17, 15) is 4.39 Å². The second kappa shape index (κ2) is 6.17. The van der Waals surface area contributed by atoms with Crippen LogP contribution in [0.2, 0.25) is 5.02 Å².